The van der Waals surface area contributed by atoms with Gasteiger partial charge in [-0.25, -0.2) is 0 Å². The Kier molecular flexibility index (Phi) is 7.54. The van der Waals surface area contributed by atoms with E-state index in [4.69, 9.17) is 5.41 Å². The van der Waals surface area contributed by atoms with Gasteiger partial charge in [-0.1, -0.05) is 6.58 Å². The molecule has 1 fully saturated rings. The van der Waals surface area contributed by atoms with Crippen molar-refractivity contribution in [2.24, 2.45) is 0 Å². The predicted octanol–water partition coefficient (Wildman–Crippen LogP) is 2.48. The summed E-state index contributed by atoms with van der Waals surface area (Å²) in [7, 11) is 0. The van der Waals surface area contributed by atoms with Crippen LogP contribution in [0.3, 0.4) is 0 Å². The number of nitrogens with one attached hydrogen (secondary N) is 1. The number of rotatable bonds is 1. The number of halogens is 2. The van der Waals surface area contributed by atoms with Crippen LogP contribution in [0.5, 0.6) is 0 Å². The molecule has 4 heteroatoms. The molecule has 1 heterocycles. The van der Waals surface area contributed by atoms with Crippen LogP contribution in [0, 0.1) is 5.41 Å². The van der Waals surface area contributed by atoms with E-state index in [2.05, 4.69) is 11.5 Å². The van der Waals surface area contributed by atoms with E-state index in [1.807, 2.05) is 6.92 Å². The highest BCUT2D eigenvalue weighted by molar-refractivity contribution is 5.94. The minimum atomic E-state index is 0. The lowest BCUT2D eigenvalue weighted by Crippen LogP contribution is -2.27. The van der Waals surface area contributed by atoms with Gasteiger partial charge in [0.1, 0.15) is 5.84 Å². The van der Waals surface area contributed by atoms with Gasteiger partial charge in [-0.3, -0.25) is 5.41 Å². The van der Waals surface area contributed by atoms with Crippen molar-refractivity contribution >= 4 is 30.6 Å². The average molecular weight is 211 g/mol. The van der Waals surface area contributed by atoms with E-state index in [0.29, 0.717) is 5.84 Å². The smallest absolute Gasteiger partial charge is 0.122 e. The highest BCUT2D eigenvalue weighted by atomic mass is 35.5. The van der Waals surface area contributed by atoms with Crippen molar-refractivity contribution < 1.29 is 0 Å². The Morgan fingerprint density at radius 2 is 1.67 bits per heavy atom. The van der Waals surface area contributed by atoms with Gasteiger partial charge in [0.15, 0.2) is 0 Å². The summed E-state index contributed by atoms with van der Waals surface area (Å²) >= 11 is 0. The fourth-order valence-electron chi connectivity index (χ4n) is 1.21. The van der Waals surface area contributed by atoms with E-state index in [0.717, 1.165) is 18.7 Å². The molecule has 0 aliphatic carbocycles. The molecule has 0 radical (unpaired) electrons. The van der Waals surface area contributed by atoms with Crippen LogP contribution in [-0.4, -0.2) is 23.8 Å². The summed E-state index contributed by atoms with van der Waals surface area (Å²) in [4.78, 5) is 2.09. The van der Waals surface area contributed by atoms with Crippen LogP contribution < -0.4 is 0 Å². The van der Waals surface area contributed by atoms with Gasteiger partial charge in [-0.2, -0.15) is 0 Å². The van der Waals surface area contributed by atoms with E-state index < -0.39 is 0 Å². The number of nitrogens with zero attached hydrogens (tertiary/aromatic N) is 1. The number of likely N-dealkylation sites (tertiary alicyclic amines) is 1. The van der Waals surface area contributed by atoms with Gasteiger partial charge in [-0.15, -0.1) is 24.8 Å². The van der Waals surface area contributed by atoms with Crippen molar-refractivity contribution in [3.05, 3.63) is 12.2 Å². The molecule has 0 bridgehead atoms. The van der Waals surface area contributed by atoms with Crippen LogP contribution in [-0.2, 0) is 0 Å². The van der Waals surface area contributed by atoms with E-state index >= 15 is 0 Å². The van der Waals surface area contributed by atoms with Crippen molar-refractivity contribution in [3.8, 4) is 0 Å². The first-order valence-corrected chi connectivity index (χ1v) is 3.71. The second-order valence-electron chi connectivity index (χ2n) is 2.82. The number of hydrogen-bond acceptors (Lipinski definition) is 1. The second kappa shape index (κ2) is 6.32. The lowest BCUT2D eigenvalue weighted by Gasteiger charge is -2.17. The highest BCUT2D eigenvalue weighted by Crippen LogP contribution is 2.10. The molecule has 12 heavy (non-hydrogen) atoms. The van der Waals surface area contributed by atoms with Gasteiger partial charge in [-0.05, 0) is 25.3 Å². The zero-order chi connectivity index (χ0) is 7.56. The Hall–Kier alpha value is -0.210. The van der Waals surface area contributed by atoms with Gasteiger partial charge in [0, 0.05) is 13.1 Å². The summed E-state index contributed by atoms with van der Waals surface area (Å²) in [6, 6.07) is 0. The predicted molar refractivity (Wildman–Crippen MR) is 57.8 cm³/mol. The van der Waals surface area contributed by atoms with Crippen LogP contribution in [0.25, 0.3) is 0 Å². The Bertz CT molecular complexity index is 162. The van der Waals surface area contributed by atoms with E-state index in [1.54, 1.807) is 0 Å². The third-order valence-electron chi connectivity index (χ3n) is 1.83. The van der Waals surface area contributed by atoms with Gasteiger partial charge in [0.2, 0.25) is 0 Å². The molecule has 0 saturated carbocycles. The first-order valence-electron chi connectivity index (χ1n) is 3.71. The van der Waals surface area contributed by atoms with E-state index in [1.165, 1.54) is 12.8 Å². The van der Waals surface area contributed by atoms with Crippen LogP contribution >= 0.6 is 24.8 Å². The quantitative estimate of drug-likeness (QED) is 0.523. The molecule has 1 rings (SSSR count). The number of hydrogen-bond donors (Lipinski definition) is 1. The SMILES string of the molecule is C=C(C)C(=N)N1CCCC1.Cl.Cl. The van der Waals surface area contributed by atoms with E-state index in [-0.39, 0.29) is 24.8 Å². The Balaban J connectivity index is 0. The zero-order valence-corrected chi connectivity index (χ0v) is 8.93. The topological polar surface area (TPSA) is 27.1 Å². The maximum atomic E-state index is 7.57. The average Bonchev–Trinajstić information content (AvgIpc) is 2.36. The van der Waals surface area contributed by atoms with E-state index in [9.17, 15) is 0 Å². The first-order chi connectivity index (χ1) is 4.72. The third-order valence-corrected chi connectivity index (χ3v) is 1.83. The van der Waals surface area contributed by atoms with Crippen molar-refractivity contribution in [1.29, 1.82) is 5.41 Å². The molecule has 0 amide bonds. The largest absolute Gasteiger partial charge is 0.357 e. The Morgan fingerprint density at radius 1 is 1.25 bits per heavy atom. The fraction of sp³-hybridized carbons (Fsp3) is 0.625. The minimum Gasteiger partial charge on any atom is -0.357 e. The van der Waals surface area contributed by atoms with Crippen molar-refractivity contribution in [2.45, 2.75) is 19.8 Å². The normalized spacial score (nSPS) is 14.6. The van der Waals surface area contributed by atoms with Gasteiger partial charge in [0.05, 0.1) is 0 Å². The molecule has 0 aromatic carbocycles. The molecule has 2 nitrogen and oxygen atoms in total. The van der Waals surface area contributed by atoms with Crippen LogP contribution in [0.2, 0.25) is 0 Å². The monoisotopic (exact) mass is 210 g/mol. The summed E-state index contributed by atoms with van der Waals surface area (Å²) < 4.78 is 0. The summed E-state index contributed by atoms with van der Waals surface area (Å²) in [5, 5.41) is 7.57. The fourth-order valence-corrected chi connectivity index (χ4v) is 1.21. The summed E-state index contributed by atoms with van der Waals surface area (Å²) in [5.74, 6) is 0.623. The molecule has 1 aliphatic heterocycles. The van der Waals surface area contributed by atoms with Gasteiger partial charge in [0.25, 0.3) is 0 Å². The van der Waals surface area contributed by atoms with Crippen molar-refractivity contribution in [1.82, 2.24) is 4.90 Å². The van der Waals surface area contributed by atoms with Gasteiger partial charge < -0.3 is 4.90 Å². The summed E-state index contributed by atoms with van der Waals surface area (Å²) in [6.45, 7) is 7.72. The molecule has 1 N–H and O–H groups in total. The minimum absolute atomic E-state index is 0. The lowest BCUT2D eigenvalue weighted by molar-refractivity contribution is 0.516. The zero-order valence-electron chi connectivity index (χ0n) is 7.30. The molecule has 0 aromatic rings. The summed E-state index contributed by atoms with van der Waals surface area (Å²) in [6.07, 6.45) is 2.46. The second-order valence-corrected chi connectivity index (χ2v) is 2.82. The molecule has 0 unspecified atom stereocenters. The first kappa shape index (κ1) is 14.3. The number of amidine groups is 1. The standard InChI is InChI=1S/C8H14N2.2ClH/c1-7(2)8(9)10-5-3-4-6-10;;/h9H,1,3-6H2,2H3;2*1H. The van der Waals surface area contributed by atoms with Crippen LogP contribution in [0.1, 0.15) is 19.8 Å². The van der Waals surface area contributed by atoms with Crippen molar-refractivity contribution in [2.75, 3.05) is 13.1 Å². The lowest BCUT2D eigenvalue weighted by atomic mass is 10.3. The Morgan fingerprint density at radius 3 is 2.00 bits per heavy atom. The molecular formula is C8H16Cl2N2. The molecule has 1 aliphatic rings. The molecule has 1 saturated heterocycles. The van der Waals surface area contributed by atoms with Crippen molar-refractivity contribution in [3.63, 3.8) is 0 Å². The molecule has 72 valence electrons. The maximum Gasteiger partial charge on any atom is 0.122 e. The third kappa shape index (κ3) is 3.46. The highest BCUT2D eigenvalue weighted by Gasteiger charge is 2.14. The molecular weight excluding hydrogens is 195 g/mol. The molecule has 0 atom stereocenters. The maximum absolute atomic E-state index is 7.57. The van der Waals surface area contributed by atoms with Crippen LogP contribution in [0.15, 0.2) is 12.2 Å². The molecule has 0 spiro atoms. The van der Waals surface area contributed by atoms with Gasteiger partial charge >= 0.3 is 0 Å². The molecule has 0 aromatic heterocycles. The Labute approximate surface area is 86.3 Å². The summed E-state index contributed by atoms with van der Waals surface area (Å²) in [5.41, 5.74) is 0.877. The van der Waals surface area contributed by atoms with Crippen LogP contribution in [0.4, 0.5) is 0 Å².